The van der Waals surface area contributed by atoms with Crippen LogP contribution in [0.4, 0.5) is 9.59 Å². The van der Waals surface area contributed by atoms with Crippen molar-refractivity contribution in [2.24, 2.45) is 0 Å². The second-order valence-corrected chi connectivity index (χ2v) is 4.58. The number of nitrogens with one attached hydrogen (secondary N) is 1. The summed E-state index contributed by atoms with van der Waals surface area (Å²) in [6.07, 6.45) is 0.598. The van der Waals surface area contributed by atoms with Crippen molar-refractivity contribution in [3.63, 3.8) is 0 Å². The fraction of sp³-hybridized carbons (Fsp3) is 0.429. The molecule has 0 aliphatic carbocycles. The first-order chi connectivity index (χ1) is 9.69. The molecule has 6 heteroatoms. The molecule has 1 fully saturated rings. The Kier molecular flexibility index (Phi) is 4.81. The Balaban J connectivity index is 1.75. The van der Waals surface area contributed by atoms with Crippen LogP contribution in [0.1, 0.15) is 12.8 Å². The Bertz CT molecular complexity index is 456. The summed E-state index contributed by atoms with van der Waals surface area (Å²) in [6, 6.07) is 8.92. The fourth-order valence-corrected chi connectivity index (χ4v) is 2.13. The summed E-state index contributed by atoms with van der Waals surface area (Å²) in [5, 5.41) is 2.80. The van der Waals surface area contributed by atoms with Gasteiger partial charge >= 0.3 is 12.2 Å². The molecule has 1 saturated heterocycles. The van der Waals surface area contributed by atoms with Gasteiger partial charge in [-0.25, -0.2) is 9.59 Å². The number of methoxy groups -OCH3 is 1. The van der Waals surface area contributed by atoms with Crippen molar-refractivity contribution in [1.29, 1.82) is 0 Å². The third kappa shape index (κ3) is 3.88. The average Bonchev–Trinajstić information content (AvgIpc) is 2.48. The zero-order valence-corrected chi connectivity index (χ0v) is 11.4. The molecule has 2 amide bonds. The smallest absolute Gasteiger partial charge is 0.412 e. The molecule has 0 atom stereocenters. The molecule has 0 saturated carbocycles. The van der Waals surface area contributed by atoms with E-state index in [1.807, 2.05) is 6.07 Å². The third-order valence-corrected chi connectivity index (χ3v) is 3.20. The highest BCUT2D eigenvalue weighted by Gasteiger charge is 2.24. The number of piperidine rings is 1. The molecular weight excluding hydrogens is 260 g/mol. The maximum absolute atomic E-state index is 11.7. The molecular formula is C14H18N2O4. The minimum absolute atomic E-state index is 0.0205. The van der Waals surface area contributed by atoms with Gasteiger partial charge in [0.15, 0.2) is 0 Å². The van der Waals surface area contributed by atoms with Crippen molar-refractivity contribution in [2.45, 2.75) is 18.9 Å². The number of carbonyl (C=O) groups excluding carboxylic acids is 2. The number of para-hydroxylation sites is 1. The molecule has 1 aromatic carbocycles. The number of carbonyl (C=O) groups is 2. The molecule has 108 valence electrons. The molecule has 0 unspecified atom stereocenters. The van der Waals surface area contributed by atoms with Crippen molar-refractivity contribution in [2.75, 3.05) is 20.2 Å². The zero-order valence-electron chi connectivity index (χ0n) is 11.4. The van der Waals surface area contributed by atoms with Gasteiger partial charge < -0.3 is 19.7 Å². The Morgan fingerprint density at radius 3 is 2.45 bits per heavy atom. The van der Waals surface area contributed by atoms with Crippen LogP contribution in [0.5, 0.6) is 5.75 Å². The summed E-state index contributed by atoms with van der Waals surface area (Å²) >= 11 is 0. The van der Waals surface area contributed by atoms with Gasteiger partial charge in [-0.3, -0.25) is 0 Å². The maximum atomic E-state index is 11.7. The van der Waals surface area contributed by atoms with E-state index in [2.05, 4.69) is 10.1 Å². The van der Waals surface area contributed by atoms with E-state index in [0.29, 0.717) is 31.7 Å². The molecule has 1 aromatic rings. The predicted molar refractivity (Wildman–Crippen MR) is 72.6 cm³/mol. The monoisotopic (exact) mass is 278 g/mol. The van der Waals surface area contributed by atoms with Crippen LogP contribution in [0.25, 0.3) is 0 Å². The summed E-state index contributed by atoms with van der Waals surface area (Å²) in [5.41, 5.74) is 0. The Labute approximate surface area is 117 Å². The number of hydrogen-bond acceptors (Lipinski definition) is 4. The topological polar surface area (TPSA) is 67.9 Å². The summed E-state index contributed by atoms with van der Waals surface area (Å²) in [7, 11) is 1.36. The van der Waals surface area contributed by atoms with E-state index in [1.54, 1.807) is 29.2 Å². The first kappa shape index (κ1) is 14.2. The molecule has 0 radical (unpaired) electrons. The normalized spacial score (nSPS) is 15.6. The zero-order chi connectivity index (χ0) is 14.4. The average molecular weight is 278 g/mol. The Morgan fingerprint density at radius 1 is 1.20 bits per heavy atom. The first-order valence-corrected chi connectivity index (χ1v) is 6.55. The van der Waals surface area contributed by atoms with E-state index in [9.17, 15) is 9.59 Å². The summed E-state index contributed by atoms with van der Waals surface area (Å²) in [4.78, 5) is 24.7. The highest BCUT2D eigenvalue weighted by atomic mass is 16.6. The van der Waals surface area contributed by atoms with Crippen LogP contribution in [0.3, 0.4) is 0 Å². The number of ether oxygens (including phenoxy) is 2. The molecule has 0 bridgehead atoms. The van der Waals surface area contributed by atoms with Crippen LogP contribution in [-0.4, -0.2) is 43.3 Å². The lowest BCUT2D eigenvalue weighted by atomic mass is 10.1. The minimum Gasteiger partial charge on any atom is -0.453 e. The predicted octanol–water partition coefficient (Wildman–Crippen LogP) is 2.01. The minimum atomic E-state index is -0.465. The fourth-order valence-electron chi connectivity index (χ4n) is 2.13. The van der Waals surface area contributed by atoms with E-state index in [4.69, 9.17) is 4.74 Å². The van der Waals surface area contributed by atoms with Crippen LogP contribution < -0.4 is 10.1 Å². The van der Waals surface area contributed by atoms with Gasteiger partial charge in [-0.2, -0.15) is 0 Å². The van der Waals surface area contributed by atoms with Crippen molar-refractivity contribution in [3.8, 4) is 5.75 Å². The van der Waals surface area contributed by atoms with Gasteiger partial charge in [-0.1, -0.05) is 18.2 Å². The molecule has 20 heavy (non-hydrogen) atoms. The lowest BCUT2D eigenvalue weighted by molar-refractivity contribution is 0.109. The lowest BCUT2D eigenvalue weighted by Gasteiger charge is -2.30. The quantitative estimate of drug-likeness (QED) is 0.898. The number of hydrogen-bond donors (Lipinski definition) is 1. The Morgan fingerprint density at radius 2 is 1.85 bits per heavy atom. The number of benzene rings is 1. The largest absolute Gasteiger partial charge is 0.453 e. The van der Waals surface area contributed by atoms with Crippen LogP contribution in [0.15, 0.2) is 30.3 Å². The molecule has 1 aliphatic rings. The summed E-state index contributed by atoms with van der Waals surface area (Å²) in [6.45, 7) is 1.14. The highest BCUT2D eigenvalue weighted by molar-refractivity contribution is 5.71. The van der Waals surface area contributed by atoms with Gasteiger partial charge in [-0.15, -0.1) is 0 Å². The summed E-state index contributed by atoms with van der Waals surface area (Å²) < 4.78 is 9.82. The molecule has 1 aliphatic heterocycles. The van der Waals surface area contributed by atoms with Crippen molar-refractivity contribution in [1.82, 2.24) is 10.2 Å². The molecule has 6 nitrogen and oxygen atoms in total. The Hall–Kier alpha value is -2.24. The first-order valence-electron chi connectivity index (χ1n) is 6.55. The second kappa shape index (κ2) is 6.79. The van der Waals surface area contributed by atoms with Gasteiger partial charge in [-0.05, 0) is 25.0 Å². The van der Waals surface area contributed by atoms with Crippen molar-refractivity contribution < 1.29 is 19.1 Å². The number of rotatable bonds is 2. The van der Waals surface area contributed by atoms with Gasteiger partial charge in [0.1, 0.15) is 5.75 Å². The van der Waals surface area contributed by atoms with E-state index in [0.717, 1.165) is 0 Å². The van der Waals surface area contributed by atoms with Gasteiger partial charge in [0.2, 0.25) is 0 Å². The highest BCUT2D eigenvalue weighted by Crippen LogP contribution is 2.13. The van der Waals surface area contributed by atoms with Crippen LogP contribution in [0, 0.1) is 0 Å². The lowest BCUT2D eigenvalue weighted by Crippen LogP contribution is -2.47. The van der Waals surface area contributed by atoms with Crippen LogP contribution >= 0.6 is 0 Å². The number of likely N-dealkylation sites (tertiary alicyclic amines) is 1. The molecule has 2 rings (SSSR count). The van der Waals surface area contributed by atoms with E-state index in [-0.39, 0.29) is 12.1 Å². The molecule has 1 heterocycles. The molecule has 1 N–H and O–H groups in total. The van der Waals surface area contributed by atoms with E-state index in [1.165, 1.54) is 7.11 Å². The number of amides is 2. The van der Waals surface area contributed by atoms with E-state index >= 15 is 0 Å². The van der Waals surface area contributed by atoms with Crippen LogP contribution in [-0.2, 0) is 4.74 Å². The van der Waals surface area contributed by atoms with Crippen molar-refractivity contribution >= 4 is 12.2 Å². The summed E-state index contributed by atoms with van der Waals surface area (Å²) in [5.74, 6) is 0.511. The third-order valence-electron chi connectivity index (χ3n) is 3.20. The van der Waals surface area contributed by atoms with E-state index < -0.39 is 6.09 Å². The number of nitrogens with zero attached hydrogens (tertiary/aromatic N) is 1. The second-order valence-electron chi connectivity index (χ2n) is 4.58. The maximum Gasteiger partial charge on any atom is 0.412 e. The van der Waals surface area contributed by atoms with Gasteiger partial charge in [0.05, 0.1) is 7.11 Å². The standard InChI is InChI=1S/C14H18N2O4/c1-19-14(18)16-9-7-11(8-10-16)15-13(17)20-12-5-3-2-4-6-12/h2-6,11H,7-10H2,1H3,(H,15,17). The molecule has 0 aromatic heterocycles. The van der Waals surface area contributed by atoms with Gasteiger partial charge in [0.25, 0.3) is 0 Å². The van der Waals surface area contributed by atoms with Crippen LogP contribution in [0.2, 0.25) is 0 Å². The van der Waals surface area contributed by atoms with Gasteiger partial charge in [0, 0.05) is 19.1 Å². The van der Waals surface area contributed by atoms with Crippen molar-refractivity contribution in [3.05, 3.63) is 30.3 Å². The SMILES string of the molecule is COC(=O)N1CCC(NC(=O)Oc2ccccc2)CC1. The molecule has 0 spiro atoms.